The number of hydrogen-bond donors (Lipinski definition) is 3. The van der Waals surface area contributed by atoms with Gasteiger partial charge in [-0.3, -0.25) is 9.89 Å². The Morgan fingerprint density at radius 1 is 1.82 bits per heavy atom. The molecule has 0 atom stereocenters. The lowest BCUT2D eigenvalue weighted by Gasteiger charge is -1.97. The maximum atomic E-state index is 10.5. The second-order valence-corrected chi connectivity index (χ2v) is 2.36. The van der Waals surface area contributed by atoms with Crippen LogP contribution in [0.3, 0.4) is 0 Å². The molecule has 1 aromatic rings. The van der Waals surface area contributed by atoms with Gasteiger partial charge in [0.05, 0.1) is 0 Å². The van der Waals surface area contributed by atoms with E-state index in [0.717, 1.165) is 0 Å². The van der Waals surface area contributed by atoms with Crippen LogP contribution in [0.2, 0.25) is 5.15 Å². The molecule has 1 aromatic heterocycles. The van der Waals surface area contributed by atoms with Crippen LogP contribution in [0.15, 0.2) is 0 Å². The number of H-pyrrole nitrogens is 1. The first-order valence-corrected chi connectivity index (χ1v) is 3.26. The topological polar surface area (TPSA) is 83.8 Å². The first kappa shape index (κ1) is 7.87. The van der Waals surface area contributed by atoms with E-state index in [2.05, 4.69) is 15.5 Å². The van der Waals surface area contributed by atoms with E-state index in [9.17, 15) is 4.79 Å². The number of anilines is 2. The summed E-state index contributed by atoms with van der Waals surface area (Å²) in [7, 11) is 0. The number of rotatable bonds is 1. The lowest BCUT2D eigenvalue weighted by molar-refractivity contribution is -0.114. The summed E-state index contributed by atoms with van der Waals surface area (Å²) in [5.41, 5.74) is 5.68. The Kier molecular flexibility index (Phi) is 2.00. The SMILES string of the molecule is CC(=O)Nc1c(N)n[nH]c1Cl. The van der Waals surface area contributed by atoms with Gasteiger partial charge in [0, 0.05) is 6.92 Å². The van der Waals surface area contributed by atoms with Crippen molar-refractivity contribution in [1.82, 2.24) is 10.2 Å². The highest BCUT2D eigenvalue weighted by Crippen LogP contribution is 2.24. The van der Waals surface area contributed by atoms with Crippen molar-refractivity contribution < 1.29 is 4.79 Å². The molecule has 0 fully saturated rings. The van der Waals surface area contributed by atoms with Gasteiger partial charge in [0.15, 0.2) is 5.82 Å². The normalized spacial score (nSPS) is 9.64. The minimum absolute atomic E-state index is 0.185. The molecule has 60 valence electrons. The van der Waals surface area contributed by atoms with E-state index in [-0.39, 0.29) is 16.9 Å². The molecule has 0 unspecified atom stereocenters. The summed E-state index contributed by atoms with van der Waals surface area (Å²) in [5.74, 6) is -0.0507. The predicted octanol–water partition coefficient (Wildman–Crippen LogP) is 0.604. The molecule has 0 saturated heterocycles. The van der Waals surface area contributed by atoms with E-state index < -0.39 is 0 Å². The molecule has 4 N–H and O–H groups in total. The molecule has 11 heavy (non-hydrogen) atoms. The summed E-state index contributed by atoms with van der Waals surface area (Å²) in [6, 6.07) is 0. The minimum atomic E-state index is -0.236. The van der Waals surface area contributed by atoms with Crippen molar-refractivity contribution in [1.29, 1.82) is 0 Å². The highest BCUT2D eigenvalue weighted by molar-refractivity contribution is 6.33. The maximum Gasteiger partial charge on any atom is 0.221 e. The molecule has 0 aliphatic rings. The third-order valence-corrected chi connectivity index (χ3v) is 1.32. The Bertz CT molecular complexity index is 263. The molecule has 0 aliphatic carbocycles. The second kappa shape index (κ2) is 2.79. The largest absolute Gasteiger partial charge is 0.380 e. The van der Waals surface area contributed by atoms with Gasteiger partial charge in [0.25, 0.3) is 0 Å². The monoisotopic (exact) mass is 174 g/mol. The Balaban J connectivity index is 2.92. The van der Waals surface area contributed by atoms with E-state index in [1.165, 1.54) is 6.92 Å². The van der Waals surface area contributed by atoms with E-state index in [4.69, 9.17) is 17.3 Å². The number of nitrogens with one attached hydrogen (secondary N) is 2. The number of nitrogens with zero attached hydrogens (tertiary/aromatic N) is 1. The van der Waals surface area contributed by atoms with Crippen molar-refractivity contribution in [2.75, 3.05) is 11.1 Å². The van der Waals surface area contributed by atoms with Crippen LogP contribution in [0.5, 0.6) is 0 Å². The third-order valence-electron chi connectivity index (χ3n) is 1.05. The summed E-state index contributed by atoms with van der Waals surface area (Å²) in [6.07, 6.45) is 0. The van der Waals surface area contributed by atoms with Crippen LogP contribution in [-0.2, 0) is 4.79 Å². The molecule has 0 saturated carbocycles. The molecule has 0 aliphatic heterocycles. The first-order chi connectivity index (χ1) is 5.11. The number of aromatic amines is 1. The molecule has 1 heterocycles. The van der Waals surface area contributed by atoms with Gasteiger partial charge in [-0.2, -0.15) is 5.10 Å². The van der Waals surface area contributed by atoms with Crippen LogP contribution < -0.4 is 11.1 Å². The number of halogens is 1. The van der Waals surface area contributed by atoms with Crippen LogP contribution >= 0.6 is 11.6 Å². The number of aromatic nitrogens is 2. The lowest BCUT2D eigenvalue weighted by atomic mass is 10.5. The van der Waals surface area contributed by atoms with Gasteiger partial charge in [-0.1, -0.05) is 11.6 Å². The predicted molar refractivity (Wildman–Crippen MR) is 42.3 cm³/mol. The highest BCUT2D eigenvalue weighted by atomic mass is 35.5. The summed E-state index contributed by atoms with van der Waals surface area (Å²) >= 11 is 5.58. The fraction of sp³-hybridized carbons (Fsp3) is 0.200. The van der Waals surface area contributed by atoms with E-state index in [0.29, 0.717) is 5.69 Å². The zero-order chi connectivity index (χ0) is 8.43. The number of hydrogen-bond acceptors (Lipinski definition) is 3. The Labute approximate surface area is 67.9 Å². The fourth-order valence-electron chi connectivity index (χ4n) is 0.628. The molecular formula is C5H7ClN4O. The zero-order valence-electron chi connectivity index (χ0n) is 5.81. The van der Waals surface area contributed by atoms with Crippen LogP contribution in [-0.4, -0.2) is 16.1 Å². The number of nitrogen functional groups attached to an aromatic ring is 1. The average molecular weight is 175 g/mol. The van der Waals surface area contributed by atoms with Gasteiger partial charge in [-0.05, 0) is 0 Å². The van der Waals surface area contributed by atoms with Crippen molar-refractivity contribution in [3.8, 4) is 0 Å². The van der Waals surface area contributed by atoms with E-state index in [1.807, 2.05) is 0 Å². The second-order valence-electron chi connectivity index (χ2n) is 1.98. The maximum absolute atomic E-state index is 10.5. The molecule has 6 heteroatoms. The van der Waals surface area contributed by atoms with Crippen molar-refractivity contribution in [2.24, 2.45) is 0 Å². The van der Waals surface area contributed by atoms with Crippen molar-refractivity contribution in [3.63, 3.8) is 0 Å². The Morgan fingerprint density at radius 3 is 2.82 bits per heavy atom. The summed E-state index contributed by atoms with van der Waals surface area (Å²) in [4.78, 5) is 10.5. The van der Waals surface area contributed by atoms with E-state index in [1.54, 1.807) is 0 Å². The molecule has 1 rings (SSSR count). The summed E-state index contributed by atoms with van der Waals surface area (Å²) in [5, 5.41) is 8.66. The van der Waals surface area contributed by atoms with E-state index >= 15 is 0 Å². The quantitative estimate of drug-likeness (QED) is 0.583. The van der Waals surface area contributed by atoms with Crippen LogP contribution in [0.4, 0.5) is 11.5 Å². The average Bonchev–Trinajstić information content (AvgIpc) is 2.18. The van der Waals surface area contributed by atoms with Gasteiger partial charge in [-0.15, -0.1) is 0 Å². The molecule has 0 bridgehead atoms. The first-order valence-electron chi connectivity index (χ1n) is 2.88. The number of carbonyl (C=O) groups is 1. The smallest absolute Gasteiger partial charge is 0.221 e. The number of carbonyl (C=O) groups excluding carboxylic acids is 1. The fourth-order valence-corrected chi connectivity index (χ4v) is 0.815. The Morgan fingerprint density at radius 2 is 2.45 bits per heavy atom. The van der Waals surface area contributed by atoms with Gasteiger partial charge >= 0.3 is 0 Å². The molecule has 0 spiro atoms. The van der Waals surface area contributed by atoms with Crippen molar-refractivity contribution >= 4 is 29.0 Å². The van der Waals surface area contributed by atoms with Crippen LogP contribution in [0.1, 0.15) is 6.92 Å². The van der Waals surface area contributed by atoms with Gasteiger partial charge in [0.1, 0.15) is 10.8 Å². The molecule has 1 amide bonds. The standard InChI is InChI=1S/C5H7ClN4O/c1-2(11)8-3-4(6)9-10-5(3)7/h1H3,(H,8,11)(H3,7,9,10). The molecule has 0 radical (unpaired) electrons. The summed E-state index contributed by atoms with van der Waals surface area (Å²) < 4.78 is 0. The number of amides is 1. The molecule has 5 nitrogen and oxygen atoms in total. The van der Waals surface area contributed by atoms with Crippen LogP contribution in [0.25, 0.3) is 0 Å². The highest BCUT2D eigenvalue weighted by Gasteiger charge is 2.08. The minimum Gasteiger partial charge on any atom is -0.380 e. The number of nitrogens with two attached hydrogens (primary N) is 1. The molecule has 0 aromatic carbocycles. The van der Waals surface area contributed by atoms with Crippen LogP contribution in [0, 0.1) is 0 Å². The summed E-state index contributed by atoms with van der Waals surface area (Å²) in [6.45, 7) is 1.36. The van der Waals surface area contributed by atoms with Gasteiger partial charge in [0.2, 0.25) is 5.91 Å². The molecular weight excluding hydrogens is 168 g/mol. The zero-order valence-corrected chi connectivity index (χ0v) is 6.57. The third kappa shape index (κ3) is 1.62. The van der Waals surface area contributed by atoms with Crippen molar-refractivity contribution in [2.45, 2.75) is 6.92 Å². The van der Waals surface area contributed by atoms with Gasteiger partial charge in [-0.25, -0.2) is 0 Å². The lowest BCUT2D eigenvalue weighted by Crippen LogP contribution is -2.07. The van der Waals surface area contributed by atoms with Crippen molar-refractivity contribution in [3.05, 3.63) is 5.15 Å². The van der Waals surface area contributed by atoms with Gasteiger partial charge < -0.3 is 11.1 Å². The Hall–Kier alpha value is -1.23.